The zero-order valence-corrected chi connectivity index (χ0v) is 15.1. The second-order valence-electron chi connectivity index (χ2n) is 5.87. The van der Waals surface area contributed by atoms with Crippen molar-refractivity contribution in [3.8, 4) is 11.4 Å². The van der Waals surface area contributed by atoms with Crippen LogP contribution in [-0.4, -0.2) is 27.8 Å². The highest BCUT2D eigenvalue weighted by Gasteiger charge is 2.31. The van der Waals surface area contributed by atoms with E-state index in [1.165, 1.54) is 18.2 Å². The Hall–Kier alpha value is -2.98. The lowest BCUT2D eigenvalue weighted by atomic mass is 10.1. The first-order chi connectivity index (χ1) is 13.7. The largest absolute Gasteiger partial charge is 0.416 e. The normalized spacial score (nSPS) is 12.6. The number of benzene rings is 2. The summed E-state index contributed by atoms with van der Waals surface area (Å²) in [5.74, 6) is -1.78. The summed E-state index contributed by atoms with van der Waals surface area (Å²) in [5, 5.41) is 15.3. The number of carbonyl (C=O) groups excluding carboxylic acids is 1. The molecule has 0 fully saturated rings. The molecule has 0 radical (unpaired) electrons. The summed E-state index contributed by atoms with van der Waals surface area (Å²) in [6.07, 6.45) is -4.54. The predicted molar refractivity (Wildman–Crippen MR) is 93.4 cm³/mol. The van der Waals surface area contributed by atoms with Crippen molar-refractivity contribution in [3.63, 3.8) is 0 Å². The van der Waals surface area contributed by atoms with E-state index in [4.69, 9.17) is 16.1 Å². The molecule has 0 unspecified atom stereocenters. The fourth-order valence-electron chi connectivity index (χ4n) is 2.39. The van der Waals surface area contributed by atoms with Crippen LogP contribution in [0.2, 0.25) is 5.02 Å². The van der Waals surface area contributed by atoms with Crippen LogP contribution in [0.5, 0.6) is 0 Å². The van der Waals surface area contributed by atoms with E-state index in [1.807, 2.05) is 0 Å². The first-order valence-corrected chi connectivity index (χ1v) is 8.45. The Morgan fingerprint density at radius 2 is 2.00 bits per heavy atom. The zero-order valence-electron chi connectivity index (χ0n) is 14.4. The fourth-order valence-corrected chi connectivity index (χ4v) is 2.57. The third kappa shape index (κ3) is 4.72. The quantitative estimate of drug-likeness (QED) is 0.598. The molecule has 3 aromatic rings. The van der Waals surface area contributed by atoms with Crippen LogP contribution in [0.15, 0.2) is 47.0 Å². The van der Waals surface area contributed by atoms with E-state index >= 15 is 0 Å². The van der Waals surface area contributed by atoms with Crippen molar-refractivity contribution in [1.82, 2.24) is 15.5 Å². The summed E-state index contributed by atoms with van der Waals surface area (Å²) in [6, 6.07) is 6.45. The summed E-state index contributed by atoms with van der Waals surface area (Å²) in [5.41, 5.74) is -0.822. The first-order valence-electron chi connectivity index (χ1n) is 8.07. The van der Waals surface area contributed by atoms with E-state index in [-0.39, 0.29) is 27.9 Å². The number of hydrogen-bond acceptors (Lipinski definition) is 5. The van der Waals surface area contributed by atoms with Crippen molar-refractivity contribution in [2.24, 2.45) is 0 Å². The SMILES string of the molecule is O=C(N[C@@H](CO)c1nc(-c2cccc(C(F)(F)F)c2)no1)c1ccc(F)c(Cl)c1. The minimum Gasteiger partial charge on any atom is -0.394 e. The molecule has 0 aliphatic rings. The molecule has 29 heavy (non-hydrogen) atoms. The Morgan fingerprint density at radius 3 is 2.66 bits per heavy atom. The number of amides is 1. The topological polar surface area (TPSA) is 88.2 Å². The van der Waals surface area contributed by atoms with Gasteiger partial charge in [-0.1, -0.05) is 28.9 Å². The summed E-state index contributed by atoms with van der Waals surface area (Å²) in [4.78, 5) is 16.2. The molecule has 0 aliphatic heterocycles. The van der Waals surface area contributed by atoms with E-state index in [1.54, 1.807) is 0 Å². The van der Waals surface area contributed by atoms with Crippen molar-refractivity contribution >= 4 is 17.5 Å². The van der Waals surface area contributed by atoms with Gasteiger partial charge < -0.3 is 14.9 Å². The third-order valence-corrected chi connectivity index (χ3v) is 4.15. The van der Waals surface area contributed by atoms with Crippen LogP contribution in [0.4, 0.5) is 17.6 Å². The maximum absolute atomic E-state index is 13.2. The van der Waals surface area contributed by atoms with E-state index in [2.05, 4.69) is 15.5 Å². The van der Waals surface area contributed by atoms with Gasteiger partial charge in [-0.2, -0.15) is 18.2 Å². The van der Waals surface area contributed by atoms with Crippen molar-refractivity contribution in [3.05, 3.63) is 70.3 Å². The Balaban J connectivity index is 1.80. The maximum atomic E-state index is 13.2. The number of alkyl halides is 3. The van der Waals surface area contributed by atoms with Gasteiger partial charge in [0, 0.05) is 11.1 Å². The van der Waals surface area contributed by atoms with Gasteiger partial charge in [-0.25, -0.2) is 4.39 Å². The second-order valence-corrected chi connectivity index (χ2v) is 6.28. The van der Waals surface area contributed by atoms with Crippen molar-refractivity contribution in [2.45, 2.75) is 12.2 Å². The molecule has 6 nitrogen and oxygen atoms in total. The predicted octanol–water partition coefficient (Wildman–Crippen LogP) is 4.01. The monoisotopic (exact) mass is 429 g/mol. The number of aromatic nitrogens is 2. The highest BCUT2D eigenvalue weighted by Crippen LogP contribution is 2.31. The zero-order chi connectivity index (χ0) is 21.2. The van der Waals surface area contributed by atoms with Crippen LogP contribution in [0.25, 0.3) is 11.4 Å². The van der Waals surface area contributed by atoms with Crippen molar-refractivity contribution < 1.29 is 32.0 Å². The Kier molecular flexibility index (Phi) is 5.85. The highest BCUT2D eigenvalue weighted by atomic mass is 35.5. The number of hydrogen-bond donors (Lipinski definition) is 2. The summed E-state index contributed by atoms with van der Waals surface area (Å²) >= 11 is 5.64. The number of aliphatic hydroxyl groups excluding tert-OH is 1. The van der Waals surface area contributed by atoms with Gasteiger partial charge in [0.15, 0.2) is 0 Å². The van der Waals surface area contributed by atoms with Gasteiger partial charge in [-0.05, 0) is 30.3 Å². The molecule has 0 aliphatic carbocycles. The third-order valence-electron chi connectivity index (χ3n) is 3.86. The van der Waals surface area contributed by atoms with Gasteiger partial charge in [0.2, 0.25) is 5.82 Å². The van der Waals surface area contributed by atoms with Gasteiger partial charge in [0.25, 0.3) is 11.8 Å². The van der Waals surface area contributed by atoms with E-state index in [0.717, 1.165) is 24.3 Å². The average Bonchev–Trinajstić information content (AvgIpc) is 3.17. The molecular formula is C18H12ClF4N3O3. The molecule has 0 bridgehead atoms. The molecule has 11 heteroatoms. The van der Waals surface area contributed by atoms with Crippen LogP contribution in [-0.2, 0) is 6.18 Å². The average molecular weight is 430 g/mol. The minimum atomic E-state index is -4.54. The molecule has 0 saturated heterocycles. The lowest BCUT2D eigenvalue weighted by Gasteiger charge is -2.12. The smallest absolute Gasteiger partial charge is 0.394 e. The molecule has 3 rings (SSSR count). The van der Waals surface area contributed by atoms with Crippen LogP contribution < -0.4 is 5.32 Å². The molecule has 0 spiro atoms. The molecule has 152 valence electrons. The summed E-state index contributed by atoms with van der Waals surface area (Å²) in [7, 11) is 0. The Bertz CT molecular complexity index is 1040. The molecular weight excluding hydrogens is 418 g/mol. The number of carbonyl (C=O) groups is 1. The molecule has 2 aromatic carbocycles. The van der Waals surface area contributed by atoms with Gasteiger partial charge in [0.1, 0.15) is 11.9 Å². The molecule has 0 saturated carbocycles. The second kappa shape index (κ2) is 8.18. The molecule has 1 aromatic heterocycles. The van der Waals surface area contributed by atoms with Crippen molar-refractivity contribution in [1.29, 1.82) is 0 Å². The Labute approximate surface area is 166 Å². The summed E-state index contributed by atoms with van der Waals surface area (Å²) in [6.45, 7) is -0.634. The minimum absolute atomic E-state index is 0.0208. The van der Waals surface area contributed by atoms with Gasteiger partial charge in [-0.15, -0.1) is 0 Å². The summed E-state index contributed by atoms with van der Waals surface area (Å²) < 4.78 is 56.7. The standard InChI is InChI=1S/C18H12ClF4N3O3/c19-12-7-10(4-5-13(12)20)16(28)24-14(8-27)17-25-15(26-29-17)9-2-1-3-11(6-9)18(21,22)23/h1-7,14,27H,8H2,(H,24,28)/t14-/m0/s1. The van der Waals surface area contributed by atoms with E-state index < -0.39 is 36.1 Å². The maximum Gasteiger partial charge on any atom is 0.416 e. The first kappa shape index (κ1) is 20.7. The molecule has 1 heterocycles. The number of rotatable bonds is 5. The van der Waals surface area contributed by atoms with Crippen LogP contribution in [0, 0.1) is 5.82 Å². The molecule has 1 atom stereocenters. The fraction of sp³-hybridized carbons (Fsp3) is 0.167. The van der Waals surface area contributed by atoms with Crippen molar-refractivity contribution in [2.75, 3.05) is 6.61 Å². The van der Waals surface area contributed by atoms with Crippen LogP contribution >= 0.6 is 11.6 Å². The highest BCUT2D eigenvalue weighted by molar-refractivity contribution is 6.31. The molecule has 1 amide bonds. The van der Waals surface area contributed by atoms with Gasteiger partial charge in [-0.3, -0.25) is 4.79 Å². The molecule has 2 N–H and O–H groups in total. The Morgan fingerprint density at radius 1 is 1.24 bits per heavy atom. The lowest BCUT2D eigenvalue weighted by molar-refractivity contribution is -0.137. The van der Waals surface area contributed by atoms with E-state index in [9.17, 15) is 27.5 Å². The number of nitrogens with zero attached hydrogens (tertiary/aromatic N) is 2. The van der Waals surface area contributed by atoms with Gasteiger partial charge in [0.05, 0.1) is 17.2 Å². The lowest BCUT2D eigenvalue weighted by Crippen LogP contribution is -2.31. The van der Waals surface area contributed by atoms with E-state index in [0.29, 0.717) is 0 Å². The number of aliphatic hydroxyl groups is 1. The van der Waals surface area contributed by atoms with Crippen LogP contribution in [0.1, 0.15) is 27.9 Å². The van der Waals surface area contributed by atoms with Crippen LogP contribution in [0.3, 0.4) is 0 Å². The number of nitrogens with one attached hydrogen (secondary N) is 1. The van der Waals surface area contributed by atoms with Gasteiger partial charge >= 0.3 is 6.18 Å². The number of halogens is 5.